The van der Waals surface area contributed by atoms with Crippen LogP contribution in [0.5, 0.6) is 0 Å². The number of nitrogens with one attached hydrogen (secondary N) is 1. The lowest BCUT2D eigenvalue weighted by Gasteiger charge is -2.27. The summed E-state index contributed by atoms with van der Waals surface area (Å²) in [6.07, 6.45) is 3.63. The Kier molecular flexibility index (Phi) is 6.21. The van der Waals surface area contributed by atoms with E-state index < -0.39 is 0 Å². The number of nitrogens with zero attached hydrogens (tertiary/aromatic N) is 2. The van der Waals surface area contributed by atoms with Crippen LogP contribution in [0, 0.1) is 6.92 Å². The second kappa shape index (κ2) is 8.79. The molecule has 0 aliphatic heterocycles. The van der Waals surface area contributed by atoms with Gasteiger partial charge in [-0.1, -0.05) is 60.1 Å². The van der Waals surface area contributed by atoms with Crippen LogP contribution in [0.2, 0.25) is 5.02 Å². The van der Waals surface area contributed by atoms with Crippen molar-refractivity contribution in [2.24, 2.45) is 0 Å². The van der Waals surface area contributed by atoms with Gasteiger partial charge < -0.3 is 10.2 Å². The monoisotopic (exact) mass is 381 g/mol. The Labute approximate surface area is 164 Å². The fraction of sp³-hybridized carbons (Fsp3) is 0.143. The summed E-state index contributed by atoms with van der Waals surface area (Å²) in [6, 6.07) is 20.1. The summed E-state index contributed by atoms with van der Waals surface area (Å²) in [5.74, 6) is 0. The predicted octanol–water partition coefficient (Wildman–Crippen LogP) is 5.44. The fourth-order valence-corrected chi connectivity index (χ4v) is 3.19. The van der Waals surface area contributed by atoms with E-state index in [1.165, 1.54) is 5.56 Å². The molecule has 0 aliphatic rings. The zero-order valence-electron chi connectivity index (χ0n) is 14.5. The Balaban J connectivity index is 1.83. The zero-order valence-corrected chi connectivity index (χ0v) is 16.1. The first-order valence-electron chi connectivity index (χ1n) is 8.37. The lowest BCUT2D eigenvalue weighted by molar-refractivity contribution is 0.412. The first-order valence-corrected chi connectivity index (χ1v) is 9.16. The van der Waals surface area contributed by atoms with Gasteiger partial charge in [-0.15, -0.1) is 0 Å². The minimum atomic E-state index is 0.633. The molecule has 0 aliphatic carbocycles. The van der Waals surface area contributed by atoms with Gasteiger partial charge in [-0.25, -0.2) is 0 Å². The average molecular weight is 382 g/mol. The summed E-state index contributed by atoms with van der Waals surface area (Å²) in [4.78, 5) is 6.32. The first kappa shape index (κ1) is 18.4. The molecular formula is C21H20ClN3S. The summed E-state index contributed by atoms with van der Waals surface area (Å²) in [7, 11) is 0. The van der Waals surface area contributed by atoms with E-state index in [4.69, 9.17) is 23.8 Å². The highest BCUT2D eigenvalue weighted by Crippen LogP contribution is 2.26. The SMILES string of the molecule is Cc1cccc(Cl)c1NC(=S)N(Cc1ccccc1)Cc1cccnc1. The van der Waals surface area contributed by atoms with E-state index >= 15 is 0 Å². The number of pyridine rings is 1. The molecule has 1 heterocycles. The van der Waals surface area contributed by atoms with Gasteiger partial charge >= 0.3 is 0 Å². The number of anilines is 1. The van der Waals surface area contributed by atoms with Crippen molar-refractivity contribution >= 4 is 34.6 Å². The molecule has 132 valence electrons. The number of benzene rings is 2. The van der Waals surface area contributed by atoms with Crippen LogP contribution in [0.3, 0.4) is 0 Å². The maximum absolute atomic E-state index is 6.35. The Morgan fingerprint density at radius 1 is 1.00 bits per heavy atom. The largest absolute Gasteiger partial charge is 0.340 e. The third kappa shape index (κ3) is 4.81. The van der Waals surface area contributed by atoms with Gasteiger partial charge in [0.25, 0.3) is 0 Å². The number of aromatic nitrogens is 1. The number of aryl methyl sites for hydroxylation is 1. The lowest BCUT2D eigenvalue weighted by Crippen LogP contribution is -2.34. The maximum Gasteiger partial charge on any atom is 0.174 e. The quantitative estimate of drug-likeness (QED) is 0.595. The summed E-state index contributed by atoms with van der Waals surface area (Å²) in [6.45, 7) is 3.38. The molecule has 3 aromatic rings. The van der Waals surface area contributed by atoms with Gasteiger partial charge in [-0.3, -0.25) is 4.98 Å². The number of hydrogen-bond acceptors (Lipinski definition) is 2. The van der Waals surface area contributed by atoms with E-state index in [0.717, 1.165) is 16.8 Å². The molecule has 2 aromatic carbocycles. The summed E-state index contributed by atoms with van der Waals surface area (Å²) >= 11 is 12.1. The van der Waals surface area contributed by atoms with Crippen molar-refractivity contribution in [3.8, 4) is 0 Å². The molecular weight excluding hydrogens is 362 g/mol. The summed E-state index contributed by atoms with van der Waals surface area (Å²) in [5, 5.41) is 4.62. The lowest BCUT2D eigenvalue weighted by atomic mass is 10.2. The van der Waals surface area contributed by atoms with E-state index in [-0.39, 0.29) is 0 Å². The van der Waals surface area contributed by atoms with E-state index in [2.05, 4.69) is 27.3 Å². The topological polar surface area (TPSA) is 28.2 Å². The maximum atomic E-state index is 6.35. The van der Waals surface area contributed by atoms with Crippen LogP contribution in [0.4, 0.5) is 5.69 Å². The molecule has 0 atom stereocenters. The first-order chi connectivity index (χ1) is 12.6. The van der Waals surface area contributed by atoms with Gasteiger partial charge in [0.15, 0.2) is 5.11 Å². The van der Waals surface area contributed by atoms with Gasteiger partial charge in [0.1, 0.15) is 0 Å². The molecule has 0 unspecified atom stereocenters. The van der Waals surface area contributed by atoms with Crippen LogP contribution in [-0.2, 0) is 13.1 Å². The number of thiocarbonyl (C=S) groups is 1. The van der Waals surface area contributed by atoms with Gasteiger partial charge in [0, 0.05) is 25.5 Å². The van der Waals surface area contributed by atoms with Crippen molar-refractivity contribution < 1.29 is 0 Å². The molecule has 0 amide bonds. The van der Waals surface area contributed by atoms with Crippen molar-refractivity contribution in [2.45, 2.75) is 20.0 Å². The molecule has 0 saturated carbocycles. The highest BCUT2D eigenvalue weighted by Gasteiger charge is 2.14. The number of halogens is 1. The molecule has 0 spiro atoms. The average Bonchev–Trinajstić information content (AvgIpc) is 2.66. The van der Waals surface area contributed by atoms with Gasteiger partial charge in [-0.05, 0) is 48.0 Å². The van der Waals surface area contributed by atoms with Gasteiger partial charge in [-0.2, -0.15) is 0 Å². The summed E-state index contributed by atoms with van der Waals surface area (Å²) < 4.78 is 0. The fourth-order valence-electron chi connectivity index (χ4n) is 2.69. The van der Waals surface area contributed by atoms with Crippen molar-refractivity contribution in [1.29, 1.82) is 0 Å². The molecule has 3 rings (SSSR count). The Morgan fingerprint density at radius 2 is 1.73 bits per heavy atom. The third-order valence-electron chi connectivity index (χ3n) is 4.05. The zero-order chi connectivity index (χ0) is 18.4. The van der Waals surface area contributed by atoms with E-state index in [1.54, 1.807) is 6.20 Å². The molecule has 5 heteroatoms. The van der Waals surface area contributed by atoms with Gasteiger partial charge in [0.05, 0.1) is 10.7 Å². The Hall–Kier alpha value is -2.43. The second-order valence-corrected chi connectivity index (χ2v) is 6.86. The van der Waals surface area contributed by atoms with E-state index in [9.17, 15) is 0 Å². The van der Waals surface area contributed by atoms with E-state index in [0.29, 0.717) is 23.2 Å². The summed E-state index contributed by atoms with van der Waals surface area (Å²) in [5.41, 5.74) is 4.20. The van der Waals surface area contributed by atoms with Crippen LogP contribution in [0.15, 0.2) is 73.1 Å². The molecule has 1 aromatic heterocycles. The minimum Gasteiger partial charge on any atom is -0.340 e. The molecule has 0 radical (unpaired) electrons. The van der Waals surface area contributed by atoms with Crippen molar-refractivity contribution in [3.05, 3.63) is 94.8 Å². The Bertz CT molecular complexity index is 807. The molecule has 26 heavy (non-hydrogen) atoms. The van der Waals surface area contributed by atoms with Gasteiger partial charge in [0.2, 0.25) is 0 Å². The van der Waals surface area contributed by atoms with Crippen molar-refractivity contribution in [2.75, 3.05) is 5.32 Å². The third-order valence-corrected chi connectivity index (χ3v) is 4.73. The number of para-hydroxylation sites is 1. The molecule has 0 bridgehead atoms. The van der Waals surface area contributed by atoms with Crippen LogP contribution in [0.25, 0.3) is 0 Å². The minimum absolute atomic E-state index is 0.633. The van der Waals surface area contributed by atoms with Crippen LogP contribution >= 0.6 is 23.8 Å². The highest BCUT2D eigenvalue weighted by molar-refractivity contribution is 7.80. The van der Waals surface area contributed by atoms with Crippen molar-refractivity contribution in [1.82, 2.24) is 9.88 Å². The standard InChI is InChI=1S/C21H20ClN3S/c1-16-7-5-11-19(22)20(16)24-21(26)25(14-17-8-3-2-4-9-17)15-18-10-6-12-23-13-18/h2-13H,14-15H2,1H3,(H,24,26). The molecule has 3 nitrogen and oxygen atoms in total. The van der Waals surface area contributed by atoms with Crippen LogP contribution in [-0.4, -0.2) is 15.0 Å². The molecule has 1 N–H and O–H groups in total. The molecule has 0 saturated heterocycles. The smallest absolute Gasteiger partial charge is 0.174 e. The van der Waals surface area contributed by atoms with Crippen LogP contribution in [0.1, 0.15) is 16.7 Å². The predicted molar refractivity (Wildman–Crippen MR) is 112 cm³/mol. The second-order valence-electron chi connectivity index (χ2n) is 6.06. The molecule has 0 fully saturated rings. The number of rotatable bonds is 5. The number of hydrogen-bond donors (Lipinski definition) is 1. The van der Waals surface area contributed by atoms with E-state index in [1.807, 2.05) is 61.7 Å². The highest BCUT2D eigenvalue weighted by atomic mass is 35.5. The Morgan fingerprint density at radius 3 is 2.42 bits per heavy atom. The normalized spacial score (nSPS) is 10.4. The van der Waals surface area contributed by atoms with Crippen LogP contribution < -0.4 is 5.32 Å². The van der Waals surface area contributed by atoms with Crippen molar-refractivity contribution in [3.63, 3.8) is 0 Å².